The van der Waals surface area contributed by atoms with Crippen LogP contribution in [0, 0.1) is 23.7 Å². The molecule has 0 spiro atoms. The maximum Gasteiger partial charge on any atom is 0.309 e. The minimum Gasteiger partial charge on any atom is -0.469 e. The maximum atomic E-state index is 11.8. The lowest BCUT2D eigenvalue weighted by Crippen LogP contribution is -2.38. The van der Waals surface area contributed by atoms with Gasteiger partial charge >= 0.3 is 5.97 Å². The molecule has 1 fully saturated rings. The topological polar surface area (TPSA) is 26.3 Å². The van der Waals surface area contributed by atoms with Crippen molar-refractivity contribution in [1.29, 1.82) is 0 Å². The zero-order chi connectivity index (χ0) is 10.8. The van der Waals surface area contributed by atoms with Gasteiger partial charge in [0.15, 0.2) is 0 Å². The highest BCUT2D eigenvalue weighted by Crippen LogP contribution is 2.43. The van der Waals surface area contributed by atoms with Gasteiger partial charge in [-0.3, -0.25) is 4.79 Å². The van der Waals surface area contributed by atoms with Crippen LogP contribution in [0.1, 0.15) is 32.6 Å². The molecule has 0 aromatic carbocycles. The van der Waals surface area contributed by atoms with Crippen molar-refractivity contribution in [3.8, 4) is 0 Å². The van der Waals surface area contributed by atoms with E-state index in [1.165, 1.54) is 32.8 Å². The van der Waals surface area contributed by atoms with Gasteiger partial charge < -0.3 is 4.74 Å². The van der Waals surface area contributed by atoms with Crippen LogP contribution in [0.4, 0.5) is 0 Å². The van der Waals surface area contributed by atoms with E-state index in [0.717, 1.165) is 0 Å². The van der Waals surface area contributed by atoms with Crippen LogP contribution in [0.5, 0.6) is 0 Å². The van der Waals surface area contributed by atoms with Crippen LogP contribution in [0.15, 0.2) is 12.2 Å². The highest BCUT2D eigenvalue weighted by molar-refractivity contribution is 5.73. The molecule has 84 valence electrons. The van der Waals surface area contributed by atoms with Gasteiger partial charge in [0, 0.05) is 0 Å². The molecule has 4 atom stereocenters. The summed E-state index contributed by atoms with van der Waals surface area (Å²) in [5.41, 5.74) is 0. The summed E-state index contributed by atoms with van der Waals surface area (Å²) in [7, 11) is 1.51. The summed E-state index contributed by atoms with van der Waals surface area (Å²) in [6.45, 7) is 2.13. The van der Waals surface area contributed by atoms with Gasteiger partial charge in [0.1, 0.15) is 0 Å². The molecule has 0 radical (unpaired) electrons. The van der Waals surface area contributed by atoms with Crippen LogP contribution >= 0.6 is 0 Å². The Morgan fingerprint density at radius 1 is 1.27 bits per heavy atom. The maximum absolute atomic E-state index is 11.8. The van der Waals surface area contributed by atoms with E-state index in [2.05, 4.69) is 19.1 Å². The first-order chi connectivity index (χ1) is 7.24. The fourth-order valence-corrected chi connectivity index (χ4v) is 3.23. The number of esters is 1. The normalized spacial score (nSPS) is 39.6. The van der Waals surface area contributed by atoms with Gasteiger partial charge in [0.25, 0.3) is 0 Å². The van der Waals surface area contributed by atoms with Gasteiger partial charge in [-0.05, 0) is 30.6 Å². The molecule has 2 aliphatic carbocycles. The summed E-state index contributed by atoms with van der Waals surface area (Å²) in [5.74, 6) is 1.59. The van der Waals surface area contributed by atoms with E-state index >= 15 is 0 Å². The van der Waals surface area contributed by atoms with Crippen molar-refractivity contribution in [2.75, 3.05) is 7.11 Å². The molecular weight excluding hydrogens is 188 g/mol. The highest BCUT2D eigenvalue weighted by atomic mass is 16.5. The number of rotatable bonds is 1. The van der Waals surface area contributed by atoms with E-state index in [-0.39, 0.29) is 11.9 Å². The molecule has 2 heteroatoms. The summed E-state index contributed by atoms with van der Waals surface area (Å²) in [5, 5.41) is 0. The van der Waals surface area contributed by atoms with Crippen molar-refractivity contribution >= 4 is 5.97 Å². The molecule has 0 saturated heterocycles. The quantitative estimate of drug-likeness (QED) is 0.489. The summed E-state index contributed by atoms with van der Waals surface area (Å²) in [6, 6.07) is 0. The van der Waals surface area contributed by atoms with E-state index in [1.807, 2.05) is 0 Å². The van der Waals surface area contributed by atoms with Crippen molar-refractivity contribution in [3.05, 3.63) is 12.2 Å². The Balaban J connectivity index is 2.19. The second-order valence-corrected chi connectivity index (χ2v) is 4.91. The number of ether oxygens (including phenoxy) is 1. The number of allylic oxidation sites excluding steroid dienone is 2. The number of hydrogen-bond donors (Lipinski definition) is 0. The number of hydrogen-bond acceptors (Lipinski definition) is 2. The zero-order valence-electron chi connectivity index (χ0n) is 9.61. The molecule has 2 nitrogen and oxygen atoms in total. The Morgan fingerprint density at radius 2 is 2.00 bits per heavy atom. The van der Waals surface area contributed by atoms with Crippen molar-refractivity contribution in [1.82, 2.24) is 0 Å². The lowest BCUT2D eigenvalue weighted by atomic mass is 9.65. The molecule has 0 aromatic rings. The fraction of sp³-hybridized carbons (Fsp3) is 0.769. The van der Waals surface area contributed by atoms with Crippen molar-refractivity contribution in [2.24, 2.45) is 23.7 Å². The summed E-state index contributed by atoms with van der Waals surface area (Å²) in [4.78, 5) is 11.8. The predicted molar refractivity (Wildman–Crippen MR) is 59.3 cm³/mol. The van der Waals surface area contributed by atoms with E-state index in [9.17, 15) is 4.79 Å². The molecule has 15 heavy (non-hydrogen) atoms. The largest absolute Gasteiger partial charge is 0.469 e. The van der Waals surface area contributed by atoms with Crippen LogP contribution in [0.3, 0.4) is 0 Å². The lowest BCUT2D eigenvalue weighted by Gasteiger charge is -2.39. The summed E-state index contributed by atoms with van der Waals surface area (Å²) in [6.07, 6.45) is 9.56. The first-order valence-electron chi connectivity index (χ1n) is 6.00. The minimum absolute atomic E-state index is 0.0104. The molecular formula is C13H20O2. The van der Waals surface area contributed by atoms with Gasteiger partial charge in [-0.25, -0.2) is 0 Å². The molecule has 0 N–H and O–H groups in total. The lowest BCUT2D eigenvalue weighted by molar-refractivity contribution is -0.150. The Kier molecular flexibility index (Phi) is 3.13. The second-order valence-electron chi connectivity index (χ2n) is 4.91. The first-order valence-corrected chi connectivity index (χ1v) is 6.00. The van der Waals surface area contributed by atoms with Gasteiger partial charge in [-0.15, -0.1) is 0 Å². The van der Waals surface area contributed by atoms with Crippen molar-refractivity contribution < 1.29 is 9.53 Å². The van der Waals surface area contributed by atoms with Gasteiger partial charge in [-0.2, -0.15) is 0 Å². The van der Waals surface area contributed by atoms with Crippen molar-refractivity contribution in [2.45, 2.75) is 32.6 Å². The van der Waals surface area contributed by atoms with E-state index in [0.29, 0.717) is 17.8 Å². The molecule has 0 amide bonds. The van der Waals surface area contributed by atoms with Crippen LogP contribution in [-0.4, -0.2) is 13.1 Å². The smallest absolute Gasteiger partial charge is 0.309 e. The second kappa shape index (κ2) is 4.38. The van der Waals surface area contributed by atoms with E-state index in [1.54, 1.807) is 0 Å². The third-order valence-corrected chi connectivity index (χ3v) is 4.04. The summed E-state index contributed by atoms with van der Waals surface area (Å²) < 4.78 is 4.94. The van der Waals surface area contributed by atoms with E-state index in [4.69, 9.17) is 4.74 Å². The average molecular weight is 208 g/mol. The number of fused-ring (bicyclic) bond motifs is 1. The Labute approximate surface area is 91.7 Å². The number of carbonyl (C=O) groups is 1. The number of carbonyl (C=O) groups excluding carboxylic acids is 1. The van der Waals surface area contributed by atoms with Crippen molar-refractivity contribution in [3.63, 3.8) is 0 Å². The third kappa shape index (κ3) is 1.95. The molecule has 0 aromatic heterocycles. The molecule has 2 rings (SSSR count). The highest BCUT2D eigenvalue weighted by Gasteiger charge is 2.40. The van der Waals surface area contributed by atoms with Crippen LogP contribution in [0.2, 0.25) is 0 Å². The SMILES string of the molecule is COC(=O)[C@H]1[C@@H]2CCCC[C@H]2C=C[C@H]1C. The third-order valence-electron chi connectivity index (χ3n) is 4.04. The van der Waals surface area contributed by atoms with Crippen LogP contribution in [-0.2, 0) is 9.53 Å². The molecule has 0 heterocycles. The zero-order valence-corrected chi connectivity index (χ0v) is 9.61. The standard InChI is InChI=1S/C13H20O2/c1-9-7-8-10-5-3-4-6-11(10)12(9)13(14)15-2/h7-12H,3-6H2,1-2H3/t9-,10+,11-,12-/m1/s1. The number of methoxy groups -OCH3 is 1. The molecule has 0 unspecified atom stereocenters. The Morgan fingerprint density at radius 3 is 2.73 bits per heavy atom. The Hall–Kier alpha value is -0.790. The van der Waals surface area contributed by atoms with Gasteiger partial charge in [-0.1, -0.05) is 31.9 Å². The molecule has 1 saturated carbocycles. The Bertz CT molecular complexity index is 270. The summed E-state index contributed by atoms with van der Waals surface area (Å²) >= 11 is 0. The predicted octanol–water partition coefficient (Wildman–Crippen LogP) is 2.79. The minimum atomic E-state index is -0.0104. The fourth-order valence-electron chi connectivity index (χ4n) is 3.23. The van der Waals surface area contributed by atoms with Crippen LogP contribution in [0.25, 0.3) is 0 Å². The molecule has 2 aliphatic rings. The van der Waals surface area contributed by atoms with E-state index < -0.39 is 0 Å². The molecule has 0 bridgehead atoms. The van der Waals surface area contributed by atoms with Gasteiger partial charge in [0.2, 0.25) is 0 Å². The monoisotopic (exact) mass is 208 g/mol. The van der Waals surface area contributed by atoms with Crippen LogP contribution < -0.4 is 0 Å². The van der Waals surface area contributed by atoms with Gasteiger partial charge in [0.05, 0.1) is 13.0 Å². The molecule has 0 aliphatic heterocycles. The average Bonchev–Trinajstić information content (AvgIpc) is 2.28. The first kappa shape index (κ1) is 10.7.